The summed E-state index contributed by atoms with van der Waals surface area (Å²) in [7, 11) is 0. The number of rotatable bonds is 12. The number of nitrogens with zero attached hydrogens (tertiary/aromatic N) is 1. The maximum absolute atomic E-state index is 14.2. The zero-order chi connectivity index (χ0) is 29.1. The molecule has 2 bridgehead atoms. The molecule has 3 amide bonds. The van der Waals surface area contributed by atoms with Gasteiger partial charge in [-0.1, -0.05) is 31.4 Å². The van der Waals surface area contributed by atoms with Crippen LogP contribution in [-0.4, -0.2) is 63.5 Å². The molecule has 3 fully saturated rings. The minimum atomic E-state index is -0.693. The van der Waals surface area contributed by atoms with Gasteiger partial charge in [0.1, 0.15) is 11.8 Å². The van der Waals surface area contributed by atoms with E-state index in [0.29, 0.717) is 36.0 Å². The van der Waals surface area contributed by atoms with E-state index < -0.39 is 22.6 Å². The molecule has 2 aromatic carbocycles. The van der Waals surface area contributed by atoms with Gasteiger partial charge in [-0.05, 0) is 80.6 Å². The van der Waals surface area contributed by atoms with Gasteiger partial charge in [0.15, 0.2) is 0 Å². The number of hydrogen-bond donors (Lipinski definition) is 3. The summed E-state index contributed by atoms with van der Waals surface area (Å²) in [5.41, 5.74) is 1.26. The molecule has 3 N–H and O–H groups in total. The largest absolute Gasteiger partial charge is 0.494 e. The predicted molar refractivity (Wildman–Crippen MR) is 162 cm³/mol. The Balaban J connectivity index is 1.41. The standard InChI is InChI=1S/C31H38ClN3O5S/c1-3-40-23-14-12-22(13-15-23)33-28(37)25-24-18-19(2)31(41-24)26(25)30(39)35(16-6-4-5-7-17-36)27(31)29(38)34-21-10-8-20(32)9-11-21/h8-15,19,24-27,36H,3-7,16-18H2,1-2H3,(H,33,37)(H,34,38)/t19?,24-,25+,26-,27?,31?/m0/s1. The lowest BCUT2D eigenvalue weighted by Crippen LogP contribution is -2.54. The molecule has 0 saturated carbocycles. The highest BCUT2D eigenvalue weighted by molar-refractivity contribution is 8.02. The van der Waals surface area contributed by atoms with E-state index in [1.807, 2.05) is 19.1 Å². The summed E-state index contributed by atoms with van der Waals surface area (Å²) in [6, 6.07) is 13.5. The van der Waals surface area contributed by atoms with E-state index in [1.165, 1.54) is 0 Å². The number of thioether (sulfide) groups is 1. The number of halogens is 1. The van der Waals surface area contributed by atoms with Gasteiger partial charge in [-0.2, -0.15) is 0 Å². The minimum absolute atomic E-state index is 0.0424. The van der Waals surface area contributed by atoms with Crippen molar-refractivity contribution in [3.8, 4) is 5.75 Å². The fraction of sp³-hybridized carbons (Fsp3) is 0.516. The molecule has 0 aliphatic carbocycles. The molecule has 3 unspecified atom stereocenters. The van der Waals surface area contributed by atoms with Crippen molar-refractivity contribution in [2.75, 3.05) is 30.4 Å². The summed E-state index contributed by atoms with van der Waals surface area (Å²) >= 11 is 7.71. The van der Waals surface area contributed by atoms with E-state index >= 15 is 0 Å². The van der Waals surface area contributed by atoms with E-state index in [9.17, 15) is 14.4 Å². The number of amides is 3. The summed E-state index contributed by atoms with van der Waals surface area (Å²) in [5.74, 6) is -0.823. The van der Waals surface area contributed by atoms with Gasteiger partial charge in [0.2, 0.25) is 17.7 Å². The first-order chi connectivity index (χ1) is 19.8. The summed E-state index contributed by atoms with van der Waals surface area (Å²) < 4.78 is 4.82. The normalized spacial score (nSPS) is 28.0. The molecular weight excluding hydrogens is 562 g/mol. The van der Waals surface area contributed by atoms with E-state index in [-0.39, 0.29) is 35.5 Å². The van der Waals surface area contributed by atoms with Crippen molar-refractivity contribution in [3.63, 3.8) is 0 Å². The zero-order valence-corrected chi connectivity index (χ0v) is 25.0. The number of carbonyl (C=O) groups is 3. The van der Waals surface area contributed by atoms with Crippen molar-refractivity contribution in [2.45, 2.75) is 62.0 Å². The number of carbonyl (C=O) groups excluding carboxylic acids is 3. The smallest absolute Gasteiger partial charge is 0.248 e. The highest BCUT2D eigenvalue weighted by Gasteiger charge is 2.75. The lowest BCUT2D eigenvalue weighted by Gasteiger charge is -2.38. The Bertz CT molecular complexity index is 1260. The Labute approximate surface area is 250 Å². The topological polar surface area (TPSA) is 108 Å². The van der Waals surface area contributed by atoms with Gasteiger partial charge in [-0.3, -0.25) is 14.4 Å². The Morgan fingerprint density at radius 3 is 2.32 bits per heavy atom. The Hall–Kier alpha value is -2.75. The number of likely N-dealkylation sites (tertiary alicyclic amines) is 1. The minimum Gasteiger partial charge on any atom is -0.494 e. The zero-order valence-electron chi connectivity index (χ0n) is 23.5. The van der Waals surface area contributed by atoms with Crippen LogP contribution < -0.4 is 15.4 Å². The van der Waals surface area contributed by atoms with Gasteiger partial charge in [-0.25, -0.2) is 0 Å². The first kappa shape index (κ1) is 29.7. The third-order valence-corrected chi connectivity index (χ3v) is 11.0. The summed E-state index contributed by atoms with van der Waals surface area (Å²) in [6.07, 6.45) is 3.91. The number of nitrogens with one attached hydrogen (secondary N) is 2. The molecule has 8 nitrogen and oxygen atoms in total. The van der Waals surface area contributed by atoms with Crippen molar-refractivity contribution in [3.05, 3.63) is 53.6 Å². The summed E-state index contributed by atoms with van der Waals surface area (Å²) in [5, 5.41) is 15.8. The van der Waals surface area contributed by atoms with E-state index in [1.54, 1.807) is 53.1 Å². The molecule has 1 spiro atoms. The Morgan fingerprint density at radius 1 is 1.02 bits per heavy atom. The maximum atomic E-state index is 14.2. The van der Waals surface area contributed by atoms with Crippen LogP contribution in [0.4, 0.5) is 11.4 Å². The van der Waals surface area contributed by atoms with Gasteiger partial charge in [0, 0.05) is 34.8 Å². The summed E-state index contributed by atoms with van der Waals surface area (Å²) in [6.45, 7) is 5.16. The van der Waals surface area contributed by atoms with Crippen LogP contribution in [0.3, 0.4) is 0 Å². The fourth-order valence-electron chi connectivity index (χ4n) is 6.88. The van der Waals surface area contributed by atoms with Crippen LogP contribution in [0.25, 0.3) is 0 Å². The highest BCUT2D eigenvalue weighted by atomic mass is 35.5. The molecular formula is C31H38ClN3O5S. The molecule has 41 heavy (non-hydrogen) atoms. The molecule has 3 saturated heterocycles. The van der Waals surface area contributed by atoms with Gasteiger partial charge in [0.05, 0.1) is 23.2 Å². The first-order valence-electron chi connectivity index (χ1n) is 14.5. The molecule has 3 heterocycles. The second kappa shape index (κ2) is 12.6. The van der Waals surface area contributed by atoms with Crippen molar-refractivity contribution < 1.29 is 24.2 Å². The number of aliphatic hydroxyl groups is 1. The third kappa shape index (κ3) is 5.68. The van der Waals surface area contributed by atoms with Crippen LogP contribution in [-0.2, 0) is 14.4 Å². The van der Waals surface area contributed by atoms with E-state index in [2.05, 4.69) is 17.6 Å². The Kier molecular flexibility index (Phi) is 9.16. The monoisotopic (exact) mass is 599 g/mol. The number of hydrogen-bond acceptors (Lipinski definition) is 6. The molecule has 10 heteroatoms. The lowest BCUT2D eigenvalue weighted by molar-refractivity contribution is -0.138. The van der Waals surface area contributed by atoms with Crippen LogP contribution in [0.2, 0.25) is 5.02 Å². The number of aliphatic hydroxyl groups excluding tert-OH is 1. The van der Waals surface area contributed by atoms with E-state index in [4.69, 9.17) is 21.4 Å². The van der Waals surface area contributed by atoms with Gasteiger partial charge in [-0.15, -0.1) is 11.8 Å². The fourth-order valence-corrected chi connectivity index (χ4v) is 9.43. The lowest BCUT2D eigenvalue weighted by atomic mass is 9.66. The van der Waals surface area contributed by atoms with Crippen LogP contribution in [0.15, 0.2) is 48.5 Å². The van der Waals surface area contributed by atoms with Crippen LogP contribution in [0, 0.1) is 17.8 Å². The van der Waals surface area contributed by atoms with Gasteiger partial charge < -0.3 is 25.4 Å². The number of benzene rings is 2. The summed E-state index contributed by atoms with van der Waals surface area (Å²) in [4.78, 5) is 43.7. The average Bonchev–Trinajstić information content (AvgIpc) is 3.54. The molecule has 3 aliphatic heterocycles. The SMILES string of the molecule is CCOc1ccc(NC(=O)[C@@H]2[C@@H]3CC(C)C4(S3)C(C(=O)Nc3ccc(Cl)cc3)N(CCCCCCO)C(=O)[C@H]24)cc1. The molecule has 6 atom stereocenters. The molecule has 0 radical (unpaired) electrons. The average molecular weight is 600 g/mol. The van der Waals surface area contributed by atoms with Crippen LogP contribution in [0.5, 0.6) is 5.75 Å². The molecule has 2 aromatic rings. The van der Waals surface area contributed by atoms with Crippen LogP contribution >= 0.6 is 23.4 Å². The molecule has 5 rings (SSSR count). The van der Waals surface area contributed by atoms with Gasteiger partial charge >= 0.3 is 0 Å². The molecule has 220 valence electrons. The molecule has 0 aromatic heterocycles. The number of fused-ring (bicyclic) bond motifs is 1. The molecule has 3 aliphatic rings. The van der Waals surface area contributed by atoms with E-state index in [0.717, 1.165) is 31.4 Å². The maximum Gasteiger partial charge on any atom is 0.248 e. The van der Waals surface area contributed by atoms with Crippen LogP contribution in [0.1, 0.15) is 46.0 Å². The first-order valence-corrected chi connectivity index (χ1v) is 15.7. The number of ether oxygens (including phenoxy) is 1. The third-order valence-electron chi connectivity index (χ3n) is 8.65. The van der Waals surface area contributed by atoms with Crippen molar-refractivity contribution in [1.29, 1.82) is 0 Å². The Morgan fingerprint density at radius 2 is 1.66 bits per heavy atom. The number of anilines is 2. The second-order valence-electron chi connectivity index (χ2n) is 11.2. The predicted octanol–water partition coefficient (Wildman–Crippen LogP) is 5.21. The van der Waals surface area contributed by atoms with Crippen molar-refractivity contribution in [1.82, 2.24) is 4.90 Å². The van der Waals surface area contributed by atoms with Crippen molar-refractivity contribution in [2.24, 2.45) is 17.8 Å². The highest BCUT2D eigenvalue weighted by Crippen LogP contribution is 2.68. The number of unbranched alkanes of at least 4 members (excludes halogenated alkanes) is 3. The second-order valence-corrected chi connectivity index (χ2v) is 13.1. The quantitative estimate of drug-likeness (QED) is 0.289. The van der Waals surface area contributed by atoms with Crippen molar-refractivity contribution >= 4 is 52.5 Å². The van der Waals surface area contributed by atoms with Gasteiger partial charge in [0.25, 0.3) is 0 Å².